The second-order valence-corrected chi connectivity index (χ2v) is 9.99. The zero-order valence-electron chi connectivity index (χ0n) is 22.8. The van der Waals surface area contributed by atoms with Gasteiger partial charge in [0, 0.05) is 63.3 Å². The minimum Gasteiger partial charge on any atom is -0.494 e. The number of aromatic nitrogens is 3. The van der Waals surface area contributed by atoms with Crippen molar-refractivity contribution in [3.8, 4) is 5.75 Å². The number of nitrogens with zero attached hydrogens (tertiary/aromatic N) is 5. The molecule has 210 valence electrons. The monoisotopic (exact) mass is 550 g/mol. The summed E-state index contributed by atoms with van der Waals surface area (Å²) < 4.78 is 35.9. The van der Waals surface area contributed by atoms with Gasteiger partial charge in [0.2, 0.25) is 5.95 Å². The Kier molecular flexibility index (Phi) is 7.44. The van der Waals surface area contributed by atoms with Crippen molar-refractivity contribution >= 4 is 45.8 Å². The molecule has 2 aromatic heterocycles. The van der Waals surface area contributed by atoms with Gasteiger partial charge >= 0.3 is 0 Å². The lowest BCUT2D eigenvalue weighted by atomic mass is 10.1. The number of hydrogen-bond acceptors (Lipinski definition) is 8. The molecule has 1 saturated heterocycles. The largest absolute Gasteiger partial charge is 0.494 e. The van der Waals surface area contributed by atoms with Crippen LogP contribution in [-0.2, 0) is 7.05 Å². The summed E-state index contributed by atoms with van der Waals surface area (Å²) in [6.45, 7) is 8.25. The van der Waals surface area contributed by atoms with E-state index in [9.17, 15) is 13.6 Å². The van der Waals surface area contributed by atoms with Gasteiger partial charge in [0.05, 0.1) is 29.4 Å². The molecular weight excluding hydrogens is 518 g/mol. The molecule has 12 heteroatoms. The first kappa shape index (κ1) is 27.1. The number of carbonyl (C=O) groups is 1. The summed E-state index contributed by atoms with van der Waals surface area (Å²) in [4.78, 5) is 25.9. The first-order valence-corrected chi connectivity index (χ1v) is 13.0. The number of methoxy groups -OCH3 is 1. The van der Waals surface area contributed by atoms with Crippen LogP contribution in [0.5, 0.6) is 5.75 Å². The number of carbonyl (C=O) groups excluding carboxylic acids is 1. The number of aryl methyl sites for hydroxylation is 1. The number of nitrogens with two attached hydrogens (primary N) is 1. The number of ether oxygens (including phenoxy) is 1. The number of hydrogen-bond donors (Lipinski definition) is 3. The molecule has 10 nitrogen and oxygen atoms in total. The number of amides is 1. The van der Waals surface area contributed by atoms with Crippen molar-refractivity contribution in [1.82, 2.24) is 19.4 Å². The fourth-order valence-corrected chi connectivity index (χ4v) is 4.94. The van der Waals surface area contributed by atoms with E-state index in [4.69, 9.17) is 10.5 Å². The summed E-state index contributed by atoms with van der Waals surface area (Å²) in [5, 5.41) is 6.67. The predicted octanol–water partition coefficient (Wildman–Crippen LogP) is 4.37. The van der Waals surface area contributed by atoms with E-state index >= 15 is 0 Å². The van der Waals surface area contributed by atoms with E-state index in [1.54, 1.807) is 23.9 Å². The fourth-order valence-electron chi connectivity index (χ4n) is 4.94. The number of primary amides is 1. The van der Waals surface area contributed by atoms with E-state index in [2.05, 4.69) is 44.2 Å². The van der Waals surface area contributed by atoms with Gasteiger partial charge in [0.1, 0.15) is 28.8 Å². The van der Waals surface area contributed by atoms with Crippen molar-refractivity contribution in [3.05, 3.63) is 59.8 Å². The Morgan fingerprint density at radius 2 is 1.77 bits per heavy atom. The quantitative estimate of drug-likeness (QED) is 0.296. The lowest BCUT2D eigenvalue weighted by Gasteiger charge is -2.38. The standard InChI is InChI=1S/C28H32F2N8O2/c1-16(2)37-9-11-38(12-10-37)18-5-6-21(23(15-18)40-4)33-28-34-26(19-7-8-36(3)27(19)35-28)32-22-14-17(29)13-20(30)24(22)25(31)39/h5-8,13-16H,9-12H2,1-4H3,(H2,31,39)(H2,32,33,34,35). The summed E-state index contributed by atoms with van der Waals surface area (Å²) in [7, 11) is 3.41. The van der Waals surface area contributed by atoms with Crippen LogP contribution in [0.2, 0.25) is 0 Å². The van der Waals surface area contributed by atoms with Crippen LogP contribution < -0.4 is 26.0 Å². The van der Waals surface area contributed by atoms with Crippen molar-refractivity contribution in [1.29, 1.82) is 0 Å². The predicted molar refractivity (Wildman–Crippen MR) is 152 cm³/mol. The highest BCUT2D eigenvalue weighted by Gasteiger charge is 2.21. The number of rotatable bonds is 8. The molecule has 0 bridgehead atoms. The average Bonchev–Trinajstić information content (AvgIpc) is 3.29. The second kappa shape index (κ2) is 11.0. The van der Waals surface area contributed by atoms with Gasteiger partial charge in [0.25, 0.3) is 5.91 Å². The van der Waals surface area contributed by atoms with E-state index in [1.165, 1.54) is 0 Å². The smallest absolute Gasteiger partial charge is 0.253 e. The highest BCUT2D eigenvalue weighted by Crippen LogP contribution is 2.34. The van der Waals surface area contributed by atoms with Crippen molar-refractivity contribution in [3.63, 3.8) is 0 Å². The Labute approximate surface area is 230 Å². The molecule has 0 unspecified atom stereocenters. The van der Waals surface area contributed by atoms with Gasteiger partial charge in [0.15, 0.2) is 0 Å². The Hall–Kier alpha value is -4.45. The molecule has 3 heterocycles. The molecule has 0 spiro atoms. The SMILES string of the molecule is COc1cc(N2CCN(C(C)C)CC2)ccc1Nc1nc(Nc2cc(F)cc(F)c2C(N)=O)c2ccn(C)c2n1. The average molecular weight is 551 g/mol. The Balaban J connectivity index is 1.46. The van der Waals surface area contributed by atoms with Crippen LogP contribution >= 0.6 is 0 Å². The summed E-state index contributed by atoms with van der Waals surface area (Å²) >= 11 is 0. The Morgan fingerprint density at radius 1 is 1.02 bits per heavy atom. The topological polar surface area (TPSA) is 114 Å². The molecule has 0 radical (unpaired) electrons. The number of fused-ring (bicyclic) bond motifs is 1. The highest BCUT2D eigenvalue weighted by molar-refractivity contribution is 6.01. The number of anilines is 5. The summed E-state index contributed by atoms with van der Waals surface area (Å²) in [5.41, 5.74) is 7.02. The molecule has 0 atom stereocenters. The molecule has 5 rings (SSSR count). The first-order valence-electron chi connectivity index (χ1n) is 13.0. The molecule has 4 aromatic rings. The Morgan fingerprint density at radius 3 is 2.45 bits per heavy atom. The lowest BCUT2D eigenvalue weighted by Crippen LogP contribution is -2.48. The maximum atomic E-state index is 14.4. The lowest BCUT2D eigenvalue weighted by molar-refractivity contribution is 0.0997. The molecule has 0 aliphatic carbocycles. The van der Waals surface area contributed by atoms with Gasteiger partial charge < -0.3 is 30.6 Å². The summed E-state index contributed by atoms with van der Waals surface area (Å²) in [6.07, 6.45) is 1.78. The molecule has 2 aromatic carbocycles. The van der Waals surface area contributed by atoms with Crippen molar-refractivity contribution in [2.45, 2.75) is 19.9 Å². The maximum absolute atomic E-state index is 14.4. The van der Waals surface area contributed by atoms with Crippen LogP contribution in [0.25, 0.3) is 11.0 Å². The van der Waals surface area contributed by atoms with Crippen LogP contribution in [-0.4, -0.2) is 64.7 Å². The molecule has 4 N–H and O–H groups in total. The van der Waals surface area contributed by atoms with Crippen LogP contribution in [0.15, 0.2) is 42.6 Å². The van der Waals surface area contributed by atoms with E-state index in [0.717, 1.165) is 37.9 Å². The highest BCUT2D eigenvalue weighted by atomic mass is 19.1. The third-order valence-electron chi connectivity index (χ3n) is 7.12. The first-order chi connectivity index (χ1) is 19.1. The van der Waals surface area contributed by atoms with Crippen LogP contribution in [0.4, 0.5) is 37.6 Å². The molecule has 1 fully saturated rings. The molecule has 40 heavy (non-hydrogen) atoms. The molecular formula is C28H32F2N8O2. The third-order valence-corrected chi connectivity index (χ3v) is 7.12. The van der Waals surface area contributed by atoms with E-state index in [0.29, 0.717) is 34.6 Å². The van der Waals surface area contributed by atoms with Crippen molar-refractivity contribution in [2.24, 2.45) is 12.8 Å². The Bertz CT molecular complexity index is 1560. The van der Waals surface area contributed by atoms with Gasteiger partial charge in [-0.05, 0) is 38.1 Å². The van der Waals surface area contributed by atoms with Crippen molar-refractivity contribution in [2.75, 3.05) is 48.8 Å². The number of nitrogens with one attached hydrogen (secondary N) is 2. The minimum absolute atomic E-state index is 0.140. The molecule has 0 saturated carbocycles. The van der Waals surface area contributed by atoms with E-state index in [-0.39, 0.29) is 17.5 Å². The van der Waals surface area contributed by atoms with Gasteiger partial charge in [-0.2, -0.15) is 9.97 Å². The normalized spacial score (nSPS) is 14.1. The zero-order chi connectivity index (χ0) is 28.6. The van der Waals surface area contributed by atoms with Crippen LogP contribution in [0.1, 0.15) is 24.2 Å². The summed E-state index contributed by atoms with van der Waals surface area (Å²) in [5.74, 6) is -1.91. The van der Waals surface area contributed by atoms with Crippen LogP contribution in [0.3, 0.4) is 0 Å². The van der Waals surface area contributed by atoms with E-state index < -0.39 is 23.1 Å². The maximum Gasteiger partial charge on any atom is 0.253 e. The van der Waals surface area contributed by atoms with Gasteiger partial charge in [-0.25, -0.2) is 8.78 Å². The molecule has 1 aliphatic rings. The third kappa shape index (κ3) is 5.34. The summed E-state index contributed by atoms with van der Waals surface area (Å²) in [6, 6.07) is 9.78. The van der Waals surface area contributed by atoms with Crippen LogP contribution in [0, 0.1) is 11.6 Å². The zero-order valence-corrected chi connectivity index (χ0v) is 22.8. The van der Waals surface area contributed by atoms with E-state index in [1.807, 2.05) is 25.2 Å². The van der Waals surface area contributed by atoms with Gasteiger partial charge in [-0.3, -0.25) is 9.69 Å². The number of piperazine rings is 1. The number of halogens is 2. The van der Waals surface area contributed by atoms with Gasteiger partial charge in [-0.15, -0.1) is 0 Å². The molecule has 1 aliphatic heterocycles. The van der Waals surface area contributed by atoms with Gasteiger partial charge in [-0.1, -0.05) is 0 Å². The second-order valence-electron chi connectivity index (χ2n) is 9.99. The minimum atomic E-state index is -1.07. The molecule has 1 amide bonds. The fraction of sp³-hybridized carbons (Fsp3) is 0.321. The number of benzene rings is 2. The van der Waals surface area contributed by atoms with Crippen molar-refractivity contribution < 1.29 is 18.3 Å².